The van der Waals surface area contributed by atoms with Gasteiger partial charge in [0.1, 0.15) is 6.10 Å². The molecule has 2 N–H and O–H groups in total. The van der Waals surface area contributed by atoms with E-state index in [0.29, 0.717) is 6.04 Å². The van der Waals surface area contributed by atoms with Crippen LogP contribution in [0.15, 0.2) is 18.3 Å². The summed E-state index contributed by atoms with van der Waals surface area (Å²) in [5, 5.41) is 15.8. The smallest absolute Gasteiger partial charge is 0.332 e. The van der Waals surface area contributed by atoms with Crippen LogP contribution < -0.4 is 0 Å². The molecule has 0 bridgehead atoms. The molecule has 1 saturated heterocycles. The van der Waals surface area contributed by atoms with Crippen molar-refractivity contribution >= 4 is 5.97 Å². The number of carbonyl (C=O) groups is 1. The Labute approximate surface area is 113 Å². The Morgan fingerprint density at radius 1 is 1.58 bits per heavy atom. The lowest BCUT2D eigenvalue weighted by Gasteiger charge is -2.20. The number of aliphatic hydroxyl groups excluding tert-OH is 1. The van der Waals surface area contributed by atoms with Gasteiger partial charge in [-0.25, -0.2) is 4.79 Å². The van der Waals surface area contributed by atoms with Crippen molar-refractivity contribution in [1.82, 2.24) is 9.88 Å². The van der Waals surface area contributed by atoms with Gasteiger partial charge in [-0.1, -0.05) is 6.07 Å². The van der Waals surface area contributed by atoms with Crippen LogP contribution in [0.4, 0.5) is 0 Å². The number of hydrogen-bond donors (Lipinski definition) is 2. The summed E-state index contributed by atoms with van der Waals surface area (Å²) in [7, 11) is 2.20. The van der Waals surface area contributed by atoms with Crippen LogP contribution in [0, 0.1) is 6.92 Å². The van der Waals surface area contributed by atoms with Gasteiger partial charge in [-0.3, -0.25) is 9.88 Å². The molecule has 1 aliphatic heterocycles. The maximum atomic E-state index is 9.45. The summed E-state index contributed by atoms with van der Waals surface area (Å²) in [6.07, 6.45) is 3.23. The standard InChI is InChI=1S/C11H16N2.C3H6O3/c1-9-10(5-3-7-12-9)11-6-4-8-13(11)2;1-2(4)3(5)6/h3,5,7,11H,4,6,8H2,1-2H3;2,4H,1H3,(H,5,6)/t11-;/m0./s1. The Morgan fingerprint density at radius 2 is 2.21 bits per heavy atom. The summed E-state index contributed by atoms with van der Waals surface area (Å²) in [5.74, 6) is -1.19. The van der Waals surface area contributed by atoms with Crippen molar-refractivity contribution in [3.05, 3.63) is 29.6 Å². The molecule has 5 nitrogen and oxygen atoms in total. The fourth-order valence-electron chi connectivity index (χ4n) is 2.15. The largest absolute Gasteiger partial charge is 0.479 e. The van der Waals surface area contributed by atoms with Gasteiger partial charge in [0.15, 0.2) is 0 Å². The molecule has 0 radical (unpaired) electrons. The third-order valence-corrected chi connectivity index (χ3v) is 3.28. The van der Waals surface area contributed by atoms with Crippen molar-refractivity contribution < 1.29 is 15.0 Å². The first-order chi connectivity index (χ1) is 8.93. The number of rotatable bonds is 2. The maximum absolute atomic E-state index is 9.45. The van der Waals surface area contributed by atoms with Crippen molar-refractivity contribution in [2.45, 2.75) is 38.8 Å². The van der Waals surface area contributed by atoms with Crippen molar-refractivity contribution in [3.8, 4) is 0 Å². The van der Waals surface area contributed by atoms with E-state index in [4.69, 9.17) is 10.2 Å². The van der Waals surface area contributed by atoms with E-state index >= 15 is 0 Å². The SMILES string of the molecule is CC(O)C(=O)O.Cc1ncccc1[C@@H]1CCCN1C. The van der Waals surface area contributed by atoms with Gasteiger partial charge >= 0.3 is 5.97 Å². The molecule has 5 heteroatoms. The normalized spacial score (nSPS) is 20.5. The van der Waals surface area contributed by atoms with Gasteiger partial charge in [0, 0.05) is 17.9 Å². The molecular weight excluding hydrogens is 244 g/mol. The summed E-state index contributed by atoms with van der Waals surface area (Å²) in [6.45, 7) is 4.52. The molecule has 1 fully saturated rings. The molecule has 0 spiro atoms. The second kappa shape index (κ2) is 7.21. The summed E-state index contributed by atoms with van der Waals surface area (Å²) in [5.41, 5.74) is 2.59. The molecule has 2 rings (SSSR count). The summed E-state index contributed by atoms with van der Waals surface area (Å²) < 4.78 is 0. The van der Waals surface area contributed by atoms with E-state index in [1.807, 2.05) is 12.3 Å². The molecular formula is C14H22N2O3. The lowest BCUT2D eigenvalue weighted by molar-refractivity contribution is -0.145. The number of likely N-dealkylation sites (tertiary alicyclic amines) is 1. The zero-order valence-corrected chi connectivity index (χ0v) is 11.7. The molecule has 0 saturated carbocycles. The van der Waals surface area contributed by atoms with Crippen molar-refractivity contribution in [3.63, 3.8) is 0 Å². The molecule has 19 heavy (non-hydrogen) atoms. The highest BCUT2D eigenvalue weighted by atomic mass is 16.4. The molecule has 1 unspecified atom stereocenters. The molecule has 106 valence electrons. The third kappa shape index (κ3) is 4.61. The lowest BCUT2D eigenvalue weighted by Crippen LogP contribution is -2.18. The minimum absolute atomic E-state index is 0.605. The van der Waals surface area contributed by atoms with Crippen LogP contribution in [0.25, 0.3) is 0 Å². The van der Waals surface area contributed by atoms with Gasteiger partial charge in [0.2, 0.25) is 0 Å². The molecule has 2 atom stereocenters. The Balaban J connectivity index is 0.000000258. The Kier molecular flexibility index (Phi) is 5.92. The molecule has 1 aromatic rings. The van der Waals surface area contributed by atoms with Gasteiger partial charge in [-0.15, -0.1) is 0 Å². The van der Waals surface area contributed by atoms with E-state index in [9.17, 15) is 4.79 Å². The van der Waals surface area contributed by atoms with E-state index in [0.717, 1.165) is 0 Å². The van der Waals surface area contributed by atoms with Crippen LogP contribution in [0.2, 0.25) is 0 Å². The zero-order valence-electron chi connectivity index (χ0n) is 11.7. The van der Waals surface area contributed by atoms with Crippen molar-refractivity contribution in [2.75, 3.05) is 13.6 Å². The number of aromatic nitrogens is 1. The molecule has 1 aromatic heterocycles. The van der Waals surface area contributed by atoms with Crippen LogP contribution in [0.3, 0.4) is 0 Å². The second-order valence-corrected chi connectivity index (χ2v) is 4.83. The highest BCUT2D eigenvalue weighted by Crippen LogP contribution is 2.31. The number of carboxylic acid groups (broad SMARTS) is 1. The number of carboxylic acids is 1. The van der Waals surface area contributed by atoms with Crippen LogP contribution >= 0.6 is 0 Å². The molecule has 0 amide bonds. The average molecular weight is 266 g/mol. The number of aliphatic carboxylic acids is 1. The van der Waals surface area contributed by atoms with Crippen LogP contribution in [-0.2, 0) is 4.79 Å². The fourth-order valence-corrected chi connectivity index (χ4v) is 2.15. The lowest BCUT2D eigenvalue weighted by atomic mass is 10.0. The van der Waals surface area contributed by atoms with Crippen LogP contribution in [-0.4, -0.2) is 45.8 Å². The molecule has 0 aromatic carbocycles. The molecule has 1 aliphatic rings. The van der Waals surface area contributed by atoms with E-state index in [-0.39, 0.29) is 0 Å². The topological polar surface area (TPSA) is 73.7 Å². The maximum Gasteiger partial charge on any atom is 0.332 e. The highest BCUT2D eigenvalue weighted by Gasteiger charge is 2.23. The van der Waals surface area contributed by atoms with Crippen molar-refractivity contribution in [1.29, 1.82) is 0 Å². The first-order valence-electron chi connectivity index (χ1n) is 6.46. The number of aliphatic hydroxyl groups is 1. The predicted molar refractivity (Wildman–Crippen MR) is 72.9 cm³/mol. The van der Waals surface area contributed by atoms with E-state index in [1.165, 1.54) is 37.6 Å². The van der Waals surface area contributed by atoms with Gasteiger partial charge in [-0.05, 0) is 51.9 Å². The summed E-state index contributed by atoms with van der Waals surface area (Å²) in [6, 6.07) is 4.84. The Bertz CT molecular complexity index is 421. The molecule has 2 heterocycles. The monoisotopic (exact) mass is 266 g/mol. The minimum Gasteiger partial charge on any atom is -0.479 e. The summed E-state index contributed by atoms with van der Waals surface area (Å²) >= 11 is 0. The van der Waals surface area contributed by atoms with Crippen LogP contribution in [0.5, 0.6) is 0 Å². The minimum atomic E-state index is -1.23. The second-order valence-electron chi connectivity index (χ2n) is 4.83. The number of hydrogen-bond acceptors (Lipinski definition) is 4. The summed E-state index contributed by atoms with van der Waals surface area (Å²) in [4.78, 5) is 16.2. The van der Waals surface area contributed by atoms with E-state index in [2.05, 4.69) is 29.9 Å². The van der Waals surface area contributed by atoms with Gasteiger partial charge in [-0.2, -0.15) is 0 Å². The predicted octanol–water partition coefficient (Wildman–Crippen LogP) is 1.61. The average Bonchev–Trinajstić information content (AvgIpc) is 2.77. The number of nitrogens with zero attached hydrogens (tertiary/aromatic N) is 2. The van der Waals surface area contributed by atoms with Gasteiger partial charge < -0.3 is 10.2 Å². The quantitative estimate of drug-likeness (QED) is 0.850. The Hall–Kier alpha value is -1.46. The first kappa shape index (κ1) is 15.6. The fraction of sp³-hybridized carbons (Fsp3) is 0.571. The Morgan fingerprint density at radius 3 is 2.63 bits per heavy atom. The van der Waals surface area contributed by atoms with E-state index in [1.54, 1.807) is 0 Å². The van der Waals surface area contributed by atoms with Crippen molar-refractivity contribution in [2.24, 2.45) is 0 Å². The first-order valence-corrected chi connectivity index (χ1v) is 6.46. The van der Waals surface area contributed by atoms with E-state index < -0.39 is 12.1 Å². The highest BCUT2D eigenvalue weighted by molar-refractivity contribution is 5.71. The zero-order chi connectivity index (χ0) is 14.4. The number of aryl methyl sites for hydroxylation is 1. The number of pyridine rings is 1. The van der Waals surface area contributed by atoms with Gasteiger partial charge in [0.25, 0.3) is 0 Å². The van der Waals surface area contributed by atoms with Crippen LogP contribution in [0.1, 0.15) is 37.1 Å². The van der Waals surface area contributed by atoms with Gasteiger partial charge in [0.05, 0.1) is 0 Å². The molecule has 0 aliphatic carbocycles. The third-order valence-electron chi connectivity index (χ3n) is 3.28.